The Balaban J connectivity index is 1.79. The summed E-state index contributed by atoms with van der Waals surface area (Å²) in [5, 5.41) is 6.77. The number of thiazole rings is 1. The molecule has 1 aromatic carbocycles. The molecule has 2 N–H and O–H groups in total. The maximum atomic E-state index is 12.0. The van der Waals surface area contributed by atoms with Crippen LogP contribution >= 0.6 is 11.3 Å². The van der Waals surface area contributed by atoms with Gasteiger partial charge in [-0.2, -0.15) is 0 Å². The summed E-state index contributed by atoms with van der Waals surface area (Å²) in [5.74, 6) is 0.0308. The lowest BCUT2D eigenvalue weighted by atomic mass is 10.2. The Kier molecular flexibility index (Phi) is 3.01. The van der Waals surface area contributed by atoms with E-state index in [2.05, 4.69) is 28.6 Å². The highest BCUT2D eigenvalue weighted by Gasteiger charge is 2.22. The summed E-state index contributed by atoms with van der Waals surface area (Å²) in [5.41, 5.74) is 2.15. The van der Waals surface area contributed by atoms with Gasteiger partial charge in [-0.1, -0.05) is 17.4 Å². The van der Waals surface area contributed by atoms with Crippen LogP contribution in [0.5, 0.6) is 0 Å². The number of carbonyl (C=O) groups is 1. The number of rotatable bonds is 2. The number of aryl methyl sites for hydroxylation is 1. The zero-order chi connectivity index (χ0) is 12.5. The Labute approximate surface area is 109 Å². The highest BCUT2D eigenvalue weighted by atomic mass is 32.1. The average molecular weight is 261 g/mol. The first-order valence-electron chi connectivity index (χ1n) is 6.14. The molecule has 4 nitrogen and oxygen atoms in total. The lowest BCUT2D eigenvalue weighted by molar-refractivity contribution is -0.117. The summed E-state index contributed by atoms with van der Waals surface area (Å²) in [4.78, 5) is 16.4. The van der Waals surface area contributed by atoms with E-state index in [1.54, 1.807) is 0 Å². The van der Waals surface area contributed by atoms with Gasteiger partial charge in [-0.3, -0.25) is 4.79 Å². The highest BCUT2D eigenvalue weighted by Crippen LogP contribution is 2.26. The number of carbonyl (C=O) groups excluding carboxylic acids is 1. The van der Waals surface area contributed by atoms with Crippen LogP contribution in [0.15, 0.2) is 18.2 Å². The van der Waals surface area contributed by atoms with Gasteiger partial charge in [0.1, 0.15) is 0 Å². The molecule has 2 aromatic rings. The van der Waals surface area contributed by atoms with Crippen LogP contribution < -0.4 is 10.6 Å². The van der Waals surface area contributed by atoms with Crippen LogP contribution in [-0.4, -0.2) is 23.5 Å². The molecule has 0 radical (unpaired) electrons. The van der Waals surface area contributed by atoms with Crippen LogP contribution in [0.3, 0.4) is 0 Å². The zero-order valence-electron chi connectivity index (χ0n) is 10.2. The molecule has 1 amide bonds. The minimum absolute atomic E-state index is 0.0308. The molecular weight excluding hydrogens is 246 g/mol. The third-order valence-corrected chi connectivity index (χ3v) is 4.08. The predicted octanol–water partition coefficient (Wildman–Crippen LogP) is 2.30. The number of fused-ring (bicyclic) bond motifs is 1. The Morgan fingerprint density at radius 1 is 1.56 bits per heavy atom. The summed E-state index contributed by atoms with van der Waals surface area (Å²) >= 11 is 1.53. The molecule has 5 heteroatoms. The summed E-state index contributed by atoms with van der Waals surface area (Å²) in [6, 6.07) is 6.06. The second kappa shape index (κ2) is 4.66. The van der Waals surface area contributed by atoms with Gasteiger partial charge in [-0.15, -0.1) is 0 Å². The molecule has 1 fully saturated rings. The molecule has 94 valence electrons. The van der Waals surface area contributed by atoms with Crippen molar-refractivity contribution in [2.24, 2.45) is 0 Å². The molecule has 1 aliphatic heterocycles. The molecule has 1 aliphatic rings. The summed E-state index contributed by atoms with van der Waals surface area (Å²) in [6.07, 6.45) is 1.98. The largest absolute Gasteiger partial charge is 0.306 e. The SMILES string of the molecule is Cc1ccc2nc(NC(=O)[C@H]3CCCN3)sc2c1. The van der Waals surface area contributed by atoms with Gasteiger partial charge in [0, 0.05) is 0 Å². The smallest absolute Gasteiger partial charge is 0.243 e. The van der Waals surface area contributed by atoms with Crippen molar-refractivity contribution in [2.75, 3.05) is 11.9 Å². The first-order chi connectivity index (χ1) is 8.72. The fourth-order valence-corrected chi connectivity index (χ4v) is 3.15. The van der Waals surface area contributed by atoms with Gasteiger partial charge >= 0.3 is 0 Å². The molecule has 1 atom stereocenters. The van der Waals surface area contributed by atoms with Crippen molar-refractivity contribution < 1.29 is 4.79 Å². The molecule has 0 bridgehead atoms. The third-order valence-electron chi connectivity index (χ3n) is 3.15. The quantitative estimate of drug-likeness (QED) is 0.872. The second-order valence-corrected chi connectivity index (χ2v) is 5.66. The summed E-state index contributed by atoms with van der Waals surface area (Å²) < 4.78 is 1.12. The van der Waals surface area contributed by atoms with Gasteiger partial charge < -0.3 is 10.6 Å². The van der Waals surface area contributed by atoms with Gasteiger partial charge in [0.25, 0.3) is 0 Å². The van der Waals surface area contributed by atoms with Crippen LogP contribution in [0.25, 0.3) is 10.2 Å². The number of anilines is 1. The van der Waals surface area contributed by atoms with Gasteiger partial charge in [0.05, 0.1) is 16.3 Å². The number of nitrogens with zero attached hydrogens (tertiary/aromatic N) is 1. The van der Waals surface area contributed by atoms with Gasteiger partial charge in [0.2, 0.25) is 5.91 Å². The van der Waals surface area contributed by atoms with E-state index in [1.165, 1.54) is 16.9 Å². The topological polar surface area (TPSA) is 54.0 Å². The van der Waals surface area contributed by atoms with Crippen LogP contribution in [0.4, 0.5) is 5.13 Å². The van der Waals surface area contributed by atoms with Crippen molar-refractivity contribution >= 4 is 32.6 Å². The monoisotopic (exact) mass is 261 g/mol. The van der Waals surface area contributed by atoms with Crippen molar-refractivity contribution in [3.8, 4) is 0 Å². The minimum Gasteiger partial charge on any atom is -0.306 e. The van der Waals surface area contributed by atoms with Gasteiger partial charge in [-0.05, 0) is 44.0 Å². The van der Waals surface area contributed by atoms with E-state index < -0.39 is 0 Å². The average Bonchev–Trinajstić information content (AvgIpc) is 2.95. The molecule has 0 saturated carbocycles. The predicted molar refractivity (Wildman–Crippen MR) is 74.0 cm³/mol. The first-order valence-corrected chi connectivity index (χ1v) is 6.95. The van der Waals surface area contributed by atoms with E-state index in [-0.39, 0.29) is 11.9 Å². The number of aromatic nitrogens is 1. The minimum atomic E-state index is -0.0567. The maximum absolute atomic E-state index is 12.0. The first kappa shape index (κ1) is 11.6. The second-order valence-electron chi connectivity index (χ2n) is 4.63. The molecule has 1 aromatic heterocycles. The Bertz CT molecular complexity index is 587. The Morgan fingerprint density at radius 2 is 2.44 bits per heavy atom. The molecule has 18 heavy (non-hydrogen) atoms. The molecule has 0 aliphatic carbocycles. The third kappa shape index (κ3) is 2.23. The van der Waals surface area contributed by atoms with Crippen LogP contribution in [0, 0.1) is 6.92 Å². The molecule has 1 saturated heterocycles. The standard InChI is InChI=1S/C13H15N3OS/c1-8-4-5-9-11(7-8)18-13(15-9)16-12(17)10-3-2-6-14-10/h4-5,7,10,14H,2-3,6H2,1H3,(H,15,16,17)/t10-/m1/s1. The lowest BCUT2D eigenvalue weighted by Gasteiger charge is -2.08. The van der Waals surface area contributed by atoms with E-state index in [0.717, 1.165) is 29.6 Å². The van der Waals surface area contributed by atoms with Gasteiger partial charge in [0.15, 0.2) is 5.13 Å². The molecular formula is C13H15N3OS. The number of benzene rings is 1. The Morgan fingerprint density at radius 3 is 3.22 bits per heavy atom. The number of hydrogen-bond acceptors (Lipinski definition) is 4. The molecule has 0 spiro atoms. The highest BCUT2D eigenvalue weighted by molar-refractivity contribution is 7.22. The van der Waals surface area contributed by atoms with Crippen molar-refractivity contribution in [3.05, 3.63) is 23.8 Å². The zero-order valence-corrected chi connectivity index (χ0v) is 11.0. The van der Waals surface area contributed by atoms with Crippen LogP contribution in [0.2, 0.25) is 0 Å². The number of hydrogen-bond donors (Lipinski definition) is 2. The van der Waals surface area contributed by atoms with E-state index in [0.29, 0.717) is 5.13 Å². The van der Waals surface area contributed by atoms with Crippen molar-refractivity contribution in [1.29, 1.82) is 0 Å². The van der Waals surface area contributed by atoms with Crippen molar-refractivity contribution in [3.63, 3.8) is 0 Å². The van der Waals surface area contributed by atoms with E-state index in [9.17, 15) is 4.79 Å². The number of nitrogens with one attached hydrogen (secondary N) is 2. The van der Waals surface area contributed by atoms with Crippen LogP contribution in [0.1, 0.15) is 18.4 Å². The fourth-order valence-electron chi connectivity index (χ4n) is 2.19. The van der Waals surface area contributed by atoms with E-state index in [1.807, 2.05) is 12.1 Å². The molecule has 0 unspecified atom stereocenters. The van der Waals surface area contributed by atoms with Gasteiger partial charge in [-0.25, -0.2) is 4.98 Å². The van der Waals surface area contributed by atoms with Crippen LogP contribution in [-0.2, 0) is 4.79 Å². The summed E-state index contributed by atoms with van der Waals surface area (Å²) in [7, 11) is 0. The maximum Gasteiger partial charge on any atom is 0.243 e. The van der Waals surface area contributed by atoms with Crippen molar-refractivity contribution in [1.82, 2.24) is 10.3 Å². The summed E-state index contributed by atoms with van der Waals surface area (Å²) in [6.45, 7) is 2.98. The van der Waals surface area contributed by atoms with Crippen molar-refractivity contribution in [2.45, 2.75) is 25.8 Å². The number of amides is 1. The normalized spacial score (nSPS) is 19.3. The van der Waals surface area contributed by atoms with E-state index in [4.69, 9.17) is 0 Å². The Hall–Kier alpha value is -1.46. The van der Waals surface area contributed by atoms with E-state index >= 15 is 0 Å². The molecule has 3 rings (SSSR count). The molecule has 2 heterocycles. The fraction of sp³-hybridized carbons (Fsp3) is 0.385. The lowest BCUT2D eigenvalue weighted by Crippen LogP contribution is -2.35.